The Hall–Kier alpha value is -1.64. The van der Waals surface area contributed by atoms with Crippen LogP contribution in [0.1, 0.15) is 32.8 Å². The Labute approximate surface area is 108 Å². The molecule has 0 saturated heterocycles. The second-order valence-corrected chi connectivity index (χ2v) is 5.32. The lowest BCUT2D eigenvalue weighted by Crippen LogP contribution is -2.30. The Balaban J connectivity index is 2.71. The number of esters is 1. The molecule has 0 amide bonds. The van der Waals surface area contributed by atoms with Crippen LogP contribution in [0.15, 0.2) is 30.3 Å². The molecule has 1 aromatic carbocycles. The molecule has 0 saturated carbocycles. The summed E-state index contributed by atoms with van der Waals surface area (Å²) in [5, 5.41) is 0. The predicted octanol–water partition coefficient (Wildman–Crippen LogP) is 2.78. The zero-order chi connectivity index (χ0) is 13.6. The highest BCUT2D eigenvalue weighted by Gasteiger charge is 2.25. The van der Waals surface area contributed by atoms with Crippen molar-refractivity contribution in [1.82, 2.24) is 0 Å². The predicted molar refractivity (Wildman–Crippen MR) is 70.2 cm³/mol. The lowest BCUT2D eigenvalue weighted by atomic mass is 9.96. The average Bonchev–Trinajstić information content (AvgIpc) is 2.27. The van der Waals surface area contributed by atoms with Gasteiger partial charge >= 0.3 is 5.97 Å². The van der Waals surface area contributed by atoms with Crippen molar-refractivity contribution in [3.63, 3.8) is 0 Å². The van der Waals surface area contributed by atoms with Crippen LogP contribution in [0.5, 0.6) is 0 Å². The second kappa shape index (κ2) is 6.34. The summed E-state index contributed by atoms with van der Waals surface area (Å²) in [6.07, 6.45) is 1.51. The molecular formula is C15H20O3. The molecule has 0 aliphatic carbocycles. The maximum atomic E-state index is 12.0. The molecule has 3 heteroatoms. The fourth-order valence-electron chi connectivity index (χ4n) is 1.66. The van der Waals surface area contributed by atoms with Gasteiger partial charge in [0.25, 0.3) is 0 Å². The lowest BCUT2D eigenvalue weighted by Gasteiger charge is -2.23. The molecule has 1 rings (SSSR count). The minimum absolute atomic E-state index is 0.198. The molecular weight excluding hydrogens is 228 g/mol. The van der Waals surface area contributed by atoms with Crippen LogP contribution in [0, 0.1) is 5.92 Å². The van der Waals surface area contributed by atoms with Crippen LogP contribution in [-0.2, 0) is 20.7 Å². The molecule has 0 spiro atoms. The minimum Gasteiger partial charge on any atom is -0.460 e. The molecule has 98 valence electrons. The van der Waals surface area contributed by atoms with Gasteiger partial charge in [0.15, 0.2) is 0 Å². The fourth-order valence-corrected chi connectivity index (χ4v) is 1.66. The quantitative estimate of drug-likeness (QED) is 0.594. The van der Waals surface area contributed by atoms with E-state index in [-0.39, 0.29) is 12.4 Å². The summed E-state index contributed by atoms with van der Waals surface area (Å²) in [7, 11) is 0. The number of carbonyl (C=O) groups excluding carboxylic acids is 2. The van der Waals surface area contributed by atoms with E-state index in [2.05, 4.69) is 0 Å². The van der Waals surface area contributed by atoms with Crippen molar-refractivity contribution in [2.75, 3.05) is 0 Å². The van der Waals surface area contributed by atoms with E-state index in [0.717, 1.165) is 11.8 Å². The van der Waals surface area contributed by atoms with E-state index in [1.54, 1.807) is 0 Å². The van der Waals surface area contributed by atoms with Crippen molar-refractivity contribution in [2.45, 2.75) is 39.2 Å². The number of rotatable bonds is 5. The van der Waals surface area contributed by atoms with Crippen LogP contribution >= 0.6 is 0 Å². The van der Waals surface area contributed by atoms with E-state index in [0.29, 0.717) is 6.42 Å². The Bertz CT molecular complexity index is 390. The zero-order valence-electron chi connectivity index (χ0n) is 11.2. The monoisotopic (exact) mass is 248 g/mol. The number of carbonyl (C=O) groups is 2. The van der Waals surface area contributed by atoms with Gasteiger partial charge in [-0.1, -0.05) is 30.3 Å². The number of benzene rings is 1. The maximum Gasteiger partial charge on any atom is 0.310 e. The Morgan fingerprint density at radius 1 is 1.28 bits per heavy atom. The Kier molecular flexibility index (Phi) is 5.08. The van der Waals surface area contributed by atoms with Crippen LogP contribution in [-0.4, -0.2) is 17.9 Å². The molecule has 0 unspecified atom stereocenters. The molecule has 0 aliphatic rings. The molecule has 0 aromatic heterocycles. The van der Waals surface area contributed by atoms with Crippen molar-refractivity contribution in [2.24, 2.45) is 5.92 Å². The standard InChI is InChI=1S/C15H20O3/c1-15(2,3)18-14(17)13(9-10-16)11-12-7-5-4-6-8-12/h4-8,10,13H,9,11H2,1-3H3/t13-/m1/s1. The van der Waals surface area contributed by atoms with E-state index >= 15 is 0 Å². The molecule has 0 N–H and O–H groups in total. The average molecular weight is 248 g/mol. The maximum absolute atomic E-state index is 12.0. The van der Waals surface area contributed by atoms with Crippen molar-refractivity contribution in [1.29, 1.82) is 0 Å². The summed E-state index contributed by atoms with van der Waals surface area (Å²) >= 11 is 0. The summed E-state index contributed by atoms with van der Waals surface area (Å²) in [6.45, 7) is 5.47. The summed E-state index contributed by atoms with van der Waals surface area (Å²) in [4.78, 5) is 22.6. The topological polar surface area (TPSA) is 43.4 Å². The molecule has 1 atom stereocenters. The van der Waals surface area contributed by atoms with Crippen LogP contribution in [0.4, 0.5) is 0 Å². The van der Waals surface area contributed by atoms with Crippen LogP contribution in [0.25, 0.3) is 0 Å². The third-order valence-corrected chi connectivity index (χ3v) is 2.45. The first-order valence-electron chi connectivity index (χ1n) is 6.13. The highest BCUT2D eigenvalue weighted by atomic mass is 16.6. The van der Waals surface area contributed by atoms with E-state index in [1.807, 2.05) is 51.1 Å². The normalized spacial score (nSPS) is 12.8. The molecule has 0 heterocycles. The number of hydrogen-bond acceptors (Lipinski definition) is 3. The van der Waals surface area contributed by atoms with Gasteiger partial charge in [-0.2, -0.15) is 0 Å². The van der Waals surface area contributed by atoms with Gasteiger partial charge in [-0.05, 0) is 32.8 Å². The molecule has 0 radical (unpaired) electrons. The van der Waals surface area contributed by atoms with E-state index in [4.69, 9.17) is 4.74 Å². The molecule has 0 aliphatic heterocycles. The third kappa shape index (κ3) is 5.13. The molecule has 1 aromatic rings. The van der Waals surface area contributed by atoms with Crippen LogP contribution in [0.2, 0.25) is 0 Å². The molecule has 3 nitrogen and oxygen atoms in total. The molecule has 18 heavy (non-hydrogen) atoms. The van der Waals surface area contributed by atoms with Gasteiger partial charge in [-0.15, -0.1) is 0 Å². The first-order chi connectivity index (χ1) is 8.42. The third-order valence-electron chi connectivity index (χ3n) is 2.45. The van der Waals surface area contributed by atoms with E-state index in [1.165, 1.54) is 0 Å². The van der Waals surface area contributed by atoms with Crippen molar-refractivity contribution >= 4 is 12.3 Å². The largest absolute Gasteiger partial charge is 0.460 e. The number of aldehydes is 1. The first-order valence-corrected chi connectivity index (χ1v) is 6.13. The van der Waals surface area contributed by atoms with Crippen molar-refractivity contribution in [3.8, 4) is 0 Å². The smallest absolute Gasteiger partial charge is 0.310 e. The van der Waals surface area contributed by atoms with Gasteiger partial charge in [-0.3, -0.25) is 4.79 Å². The fraction of sp³-hybridized carbons (Fsp3) is 0.467. The van der Waals surface area contributed by atoms with Gasteiger partial charge in [-0.25, -0.2) is 0 Å². The van der Waals surface area contributed by atoms with Crippen molar-refractivity contribution < 1.29 is 14.3 Å². The highest BCUT2D eigenvalue weighted by molar-refractivity contribution is 5.76. The zero-order valence-corrected chi connectivity index (χ0v) is 11.2. The van der Waals surface area contributed by atoms with E-state index < -0.39 is 11.5 Å². The minimum atomic E-state index is -0.519. The van der Waals surface area contributed by atoms with Gasteiger partial charge in [0, 0.05) is 6.42 Å². The summed E-state index contributed by atoms with van der Waals surface area (Å²) in [5.41, 5.74) is 0.518. The van der Waals surface area contributed by atoms with Crippen LogP contribution in [0.3, 0.4) is 0 Å². The highest BCUT2D eigenvalue weighted by Crippen LogP contribution is 2.17. The van der Waals surface area contributed by atoms with E-state index in [9.17, 15) is 9.59 Å². The van der Waals surface area contributed by atoms with Gasteiger partial charge in [0.1, 0.15) is 11.9 Å². The number of hydrogen-bond donors (Lipinski definition) is 0. The Morgan fingerprint density at radius 3 is 2.39 bits per heavy atom. The summed E-state index contributed by atoms with van der Waals surface area (Å²) < 4.78 is 5.33. The lowest BCUT2D eigenvalue weighted by molar-refractivity contribution is -0.160. The Morgan fingerprint density at radius 2 is 1.89 bits per heavy atom. The SMILES string of the molecule is CC(C)(C)OC(=O)[C@H](CC=O)Cc1ccccc1. The second-order valence-electron chi connectivity index (χ2n) is 5.32. The van der Waals surface area contributed by atoms with Gasteiger partial charge in [0.05, 0.1) is 5.92 Å². The van der Waals surface area contributed by atoms with Crippen LogP contribution < -0.4 is 0 Å². The summed E-state index contributed by atoms with van der Waals surface area (Å²) in [5.74, 6) is -0.706. The van der Waals surface area contributed by atoms with Gasteiger partial charge < -0.3 is 9.53 Å². The molecule has 0 bridgehead atoms. The number of ether oxygens (including phenoxy) is 1. The summed E-state index contributed by atoms with van der Waals surface area (Å²) in [6, 6.07) is 9.65. The first kappa shape index (κ1) is 14.4. The van der Waals surface area contributed by atoms with Crippen molar-refractivity contribution in [3.05, 3.63) is 35.9 Å². The molecule has 0 fully saturated rings. The van der Waals surface area contributed by atoms with Gasteiger partial charge in [0.2, 0.25) is 0 Å².